The summed E-state index contributed by atoms with van der Waals surface area (Å²) in [7, 11) is 0. The number of halogens is 3. The van der Waals surface area contributed by atoms with Crippen molar-refractivity contribution in [3.63, 3.8) is 0 Å². The largest absolute Gasteiger partial charge is 0.338 e. The SMILES string of the molecule is CCN1CCN(c2nc(C)cc(Nc3ccc(F)c(F)c3F)n2)CC1. The Balaban J connectivity index is 1.82. The first-order valence-corrected chi connectivity index (χ1v) is 8.21. The van der Waals surface area contributed by atoms with Crippen LogP contribution < -0.4 is 10.2 Å². The van der Waals surface area contributed by atoms with Gasteiger partial charge in [0.05, 0.1) is 5.69 Å². The molecule has 2 heterocycles. The van der Waals surface area contributed by atoms with Gasteiger partial charge in [-0.15, -0.1) is 0 Å². The molecule has 0 spiro atoms. The summed E-state index contributed by atoms with van der Waals surface area (Å²) in [5.74, 6) is -3.12. The van der Waals surface area contributed by atoms with Gasteiger partial charge < -0.3 is 15.1 Å². The highest BCUT2D eigenvalue weighted by molar-refractivity contribution is 5.58. The van der Waals surface area contributed by atoms with E-state index < -0.39 is 17.5 Å². The average molecular weight is 351 g/mol. The number of likely N-dealkylation sites (N-methyl/N-ethyl adjacent to an activating group) is 1. The van der Waals surface area contributed by atoms with Crippen LogP contribution in [0.15, 0.2) is 18.2 Å². The molecular weight excluding hydrogens is 331 g/mol. The predicted molar refractivity (Wildman–Crippen MR) is 90.7 cm³/mol. The van der Waals surface area contributed by atoms with Crippen LogP contribution in [-0.4, -0.2) is 47.6 Å². The Labute approximate surface area is 144 Å². The second kappa shape index (κ2) is 7.26. The van der Waals surface area contributed by atoms with Crippen molar-refractivity contribution in [2.45, 2.75) is 13.8 Å². The smallest absolute Gasteiger partial charge is 0.227 e. The lowest BCUT2D eigenvalue weighted by atomic mass is 10.2. The third kappa shape index (κ3) is 3.84. The average Bonchev–Trinajstić information content (AvgIpc) is 2.62. The van der Waals surface area contributed by atoms with Gasteiger partial charge in [0, 0.05) is 37.9 Å². The van der Waals surface area contributed by atoms with Crippen molar-refractivity contribution in [3.8, 4) is 0 Å². The van der Waals surface area contributed by atoms with Gasteiger partial charge in [-0.25, -0.2) is 18.2 Å². The number of aromatic nitrogens is 2. The van der Waals surface area contributed by atoms with E-state index in [4.69, 9.17) is 0 Å². The zero-order valence-corrected chi connectivity index (χ0v) is 14.2. The van der Waals surface area contributed by atoms with E-state index >= 15 is 0 Å². The van der Waals surface area contributed by atoms with Crippen LogP contribution in [-0.2, 0) is 0 Å². The Kier molecular flexibility index (Phi) is 5.08. The minimum atomic E-state index is -1.51. The molecule has 134 valence electrons. The zero-order chi connectivity index (χ0) is 18.0. The van der Waals surface area contributed by atoms with Crippen LogP contribution in [0.1, 0.15) is 12.6 Å². The molecule has 0 unspecified atom stereocenters. The van der Waals surface area contributed by atoms with Crippen LogP contribution in [0.2, 0.25) is 0 Å². The van der Waals surface area contributed by atoms with Crippen molar-refractivity contribution >= 4 is 17.5 Å². The second-order valence-electron chi connectivity index (χ2n) is 5.96. The van der Waals surface area contributed by atoms with Crippen molar-refractivity contribution in [1.29, 1.82) is 0 Å². The van der Waals surface area contributed by atoms with Crippen LogP contribution in [0.4, 0.5) is 30.6 Å². The Hall–Kier alpha value is -2.35. The van der Waals surface area contributed by atoms with Gasteiger partial charge in [0.25, 0.3) is 0 Å². The highest BCUT2D eigenvalue weighted by Crippen LogP contribution is 2.24. The maximum atomic E-state index is 13.8. The maximum absolute atomic E-state index is 13.8. The molecule has 8 heteroatoms. The zero-order valence-electron chi connectivity index (χ0n) is 14.2. The maximum Gasteiger partial charge on any atom is 0.227 e. The summed E-state index contributed by atoms with van der Waals surface area (Å²) in [4.78, 5) is 13.2. The number of benzene rings is 1. The first-order valence-electron chi connectivity index (χ1n) is 8.21. The van der Waals surface area contributed by atoms with Crippen molar-refractivity contribution in [2.24, 2.45) is 0 Å². The van der Waals surface area contributed by atoms with E-state index in [1.54, 1.807) is 13.0 Å². The second-order valence-corrected chi connectivity index (χ2v) is 5.96. The van der Waals surface area contributed by atoms with E-state index in [0.29, 0.717) is 17.5 Å². The van der Waals surface area contributed by atoms with E-state index in [0.717, 1.165) is 44.9 Å². The molecule has 0 aliphatic carbocycles. The van der Waals surface area contributed by atoms with Crippen molar-refractivity contribution < 1.29 is 13.2 Å². The van der Waals surface area contributed by atoms with Gasteiger partial charge >= 0.3 is 0 Å². The van der Waals surface area contributed by atoms with E-state index in [-0.39, 0.29) is 5.69 Å². The van der Waals surface area contributed by atoms with Crippen LogP contribution in [0, 0.1) is 24.4 Å². The van der Waals surface area contributed by atoms with E-state index in [2.05, 4.69) is 32.0 Å². The number of aryl methyl sites for hydroxylation is 1. The molecule has 1 saturated heterocycles. The lowest BCUT2D eigenvalue weighted by Crippen LogP contribution is -2.46. The Morgan fingerprint density at radius 2 is 1.76 bits per heavy atom. The fourth-order valence-corrected chi connectivity index (χ4v) is 2.78. The van der Waals surface area contributed by atoms with Crippen molar-refractivity contribution in [1.82, 2.24) is 14.9 Å². The Bertz CT molecular complexity index is 760. The molecule has 1 fully saturated rings. The highest BCUT2D eigenvalue weighted by atomic mass is 19.2. The fourth-order valence-electron chi connectivity index (χ4n) is 2.78. The number of hydrogen-bond donors (Lipinski definition) is 1. The van der Waals surface area contributed by atoms with Crippen LogP contribution in [0.25, 0.3) is 0 Å². The summed E-state index contributed by atoms with van der Waals surface area (Å²) in [6, 6.07) is 3.65. The number of piperazine rings is 1. The third-order valence-electron chi connectivity index (χ3n) is 4.24. The summed E-state index contributed by atoms with van der Waals surface area (Å²) >= 11 is 0. The molecule has 1 aliphatic rings. The van der Waals surface area contributed by atoms with E-state index in [1.165, 1.54) is 0 Å². The molecule has 1 aromatic heterocycles. The van der Waals surface area contributed by atoms with Gasteiger partial charge in [-0.2, -0.15) is 4.98 Å². The molecule has 2 aromatic rings. The summed E-state index contributed by atoms with van der Waals surface area (Å²) in [5.41, 5.74) is 0.534. The number of nitrogens with one attached hydrogen (secondary N) is 1. The molecule has 1 N–H and O–H groups in total. The standard InChI is InChI=1S/C17H20F3N5/c1-3-24-6-8-25(9-7-24)17-21-11(2)10-14(23-17)22-13-5-4-12(18)15(19)16(13)20/h4-5,10H,3,6-9H2,1-2H3,(H,21,22,23). The lowest BCUT2D eigenvalue weighted by molar-refractivity contribution is 0.270. The van der Waals surface area contributed by atoms with Crippen LogP contribution in [0.5, 0.6) is 0 Å². The first kappa shape index (κ1) is 17.5. The van der Waals surface area contributed by atoms with E-state index in [9.17, 15) is 13.2 Å². The van der Waals surface area contributed by atoms with Crippen molar-refractivity contribution in [3.05, 3.63) is 41.3 Å². The van der Waals surface area contributed by atoms with Gasteiger partial charge in [-0.05, 0) is 25.6 Å². The summed E-state index contributed by atoms with van der Waals surface area (Å²) in [6.45, 7) is 8.39. The predicted octanol–water partition coefficient (Wildman–Crippen LogP) is 3.09. The molecular formula is C17H20F3N5. The summed E-state index contributed by atoms with van der Waals surface area (Å²) < 4.78 is 40.3. The quantitative estimate of drug-likeness (QED) is 0.858. The molecule has 1 aliphatic heterocycles. The van der Waals surface area contributed by atoms with Crippen LogP contribution in [0.3, 0.4) is 0 Å². The monoisotopic (exact) mass is 351 g/mol. The number of rotatable bonds is 4. The minimum Gasteiger partial charge on any atom is -0.338 e. The molecule has 0 amide bonds. The van der Waals surface area contributed by atoms with Gasteiger partial charge in [-0.1, -0.05) is 6.92 Å². The molecule has 0 saturated carbocycles. The Morgan fingerprint density at radius 1 is 1.04 bits per heavy atom. The first-order chi connectivity index (χ1) is 12.0. The lowest BCUT2D eigenvalue weighted by Gasteiger charge is -2.34. The van der Waals surface area contributed by atoms with Gasteiger partial charge in [0.15, 0.2) is 17.5 Å². The number of anilines is 3. The highest BCUT2D eigenvalue weighted by Gasteiger charge is 2.19. The van der Waals surface area contributed by atoms with Crippen LogP contribution >= 0.6 is 0 Å². The molecule has 1 aromatic carbocycles. The number of hydrogen-bond acceptors (Lipinski definition) is 5. The van der Waals surface area contributed by atoms with Crippen molar-refractivity contribution in [2.75, 3.05) is 42.9 Å². The topological polar surface area (TPSA) is 44.3 Å². The van der Waals surface area contributed by atoms with Gasteiger partial charge in [0.1, 0.15) is 5.82 Å². The molecule has 0 bridgehead atoms. The van der Waals surface area contributed by atoms with Gasteiger partial charge in [-0.3, -0.25) is 0 Å². The minimum absolute atomic E-state index is 0.168. The fraction of sp³-hybridized carbons (Fsp3) is 0.412. The molecule has 0 atom stereocenters. The molecule has 5 nitrogen and oxygen atoms in total. The summed E-state index contributed by atoms with van der Waals surface area (Å²) in [5, 5.41) is 2.71. The molecule has 25 heavy (non-hydrogen) atoms. The number of nitrogens with zero attached hydrogens (tertiary/aromatic N) is 4. The normalized spacial score (nSPS) is 15.5. The molecule has 3 rings (SSSR count). The molecule has 0 radical (unpaired) electrons. The van der Waals surface area contributed by atoms with E-state index in [1.807, 2.05) is 0 Å². The Morgan fingerprint density at radius 3 is 2.44 bits per heavy atom. The van der Waals surface area contributed by atoms with Gasteiger partial charge in [0.2, 0.25) is 5.95 Å². The summed E-state index contributed by atoms with van der Waals surface area (Å²) in [6.07, 6.45) is 0. The third-order valence-corrected chi connectivity index (χ3v) is 4.24.